The van der Waals surface area contributed by atoms with Gasteiger partial charge in [0.25, 0.3) is 5.91 Å². The number of nitrogens with zero attached hydrogens (tertiary/aromatic N) is 5. The minimum absolute atomic E-state index is 0.0557. The molecule has 0 aliphatic carbocycles. The third-order valence-electron chi connectivity index (χ3n) is 5.42. The molecule has 31 heavy (non-hydrogen) atoms. The molecule has 3 aromatic rings. The topological polar surface area (TPSA) is 81.1 Å². The summed E-state index contributed by atoms with van der Waals surface area (Å²) < 4.78 is 49.1. The molecule has 0 spiro atoms. The zero-order chi connectivity index (χ0) is 22.3. The summed E-state index contributed by atoms with van der Waals surface area (Å²) >= 11 is 0. The molecule has 0 aromatic carbocycles. The number of anilines is 1. The van der Waals surface area contributed by atoms with Crippen LogP contribution in [0.1, 0.15) is 52.9 Å². The number of carbonyl (C=O) groups is 1. The molecular weight excluding hydrogens is 413 g/mol. The van der Waals surface area contributed by atoms with Gasteiger partial charge in [-0.15, -0.1) is 0 Å². The van der Waals surface area contributed by atoms with Crippen LogP contribution in [-0.2, 0) is 13.1 Å². The van der Waals surface area contributed by atoms with Crippen molar-refractivity contribution in [2.45, 2.75) is 51.6 Å². The van der Waals surface area contributed by atoms with Crippen molar-refractivity contribution in [2.24, 2.45) is 0 Å². The molecule has 0 bridgehead atoms. The highest BCUT2D eigenvalue weighted by Gasteiger charge is 2.47. The molecule has 1 aliphatic rings. The molecule has 11 heteroatoms. The van der Waals surface area contributed by atoms with Crippen molar-refractivity contribution < 1.29 is 22.4 Å². The van der Waals surface area contributed by atoms with E-state index >= 15 is 0 Å². The van der Waals surface area contributed by atoms with Crippen LogP contribution in [-0.4, -0.2) is 43.6 Å². The van der Waals surface area contributed by atoms with Gasteiger partial charge in [0.2, 0.25) is 0 Å². The number of furan rings is 1. The van der Waals surface area contributed by atoms with Crippen molar-refractivity contribution in [1.82, 2.24) is 24.5 Å². The lowest BCUT2D eigenvalue weighted by Gasteiger charge is -2.32. The SMILES string of the molecule is CCn1cc(CN(C)C(=O)c2cc3n(n2)[C@@H](C(F)(F)F)C[C@@H](c2ccco2)N3)c(C)n1. The quantitative estimate of drug-likeness (QED) is 0.656. The Labute approximate surface area is 176 Å². The second-order valence-electron chi connectivity index (χ2n) is 7.62. The van der Waals surface area contributed by atoms with Crippen LogP contribution in [0.5, 0.6) is 0 Å². The van der Waals surface area contributed by atoms with Crippen molar-refractivity contribution in [2.75, 3.05) is 12.4 Å². The number of carbonyl (C=O) groups excluding carboxylic acids is 1. The average molecular weight is 436 g/mol. The maximum absolute atomic E-state index is 13.7. The van der Waals surface area contributed by atoms with Crippen LogP contribution >= 0.6 is 0 Å². The highest BCUT2D eigenvalue weighted by atomic mass is 19.4. The van der Waals surface area contributed by atoms with Gasteiger partial charge in [-0.1, -0.05) is 0 Å². The Morgan fingerprint density at radius 2 is 2.16 bits per heavy atom. The van der Waals surface area contributed by atoms with Crippen LogP contribution in [0.15, 0.2) is 35.1 Å². The van der Waals surface area contributed by atoms with Gasteiger partial charge in [0.1, 0.15) is 11.6 Å². The van der Waals surface area contributed by atoms with Gasteiger partial charge in [0.15, 0.2) is 11.7 Å². The van der Waals surface area contributed by atoms with Gasteiger partial charge in [-0.2, -0.15) is 23.4 Å². The maximum atomic E-state index is 13.7. The van der Waals surface area contributed by atoms with Crippen LogP contribution in [0.2, 0.25) is 0 Å². The Kier molecular flexibility index (Phi) is 5.28. The van der Waals surface area contributed by atoms with Crippen LogP contribution in [0.25, 0.3) is 0 Å². The van der Waals surface area contributed by atoms with Gasteiger partial charge in [-0.25, -0.2) is 4.68 Å². The molecule has 0 radical (unpaired) electrons. The molecule has 8 nitrogen and oxygen atoms in total. The van der Waals surface area contributed by atoms with Crippen LogP contribution < -0.4 is 5.32 Å². The van der Waals surface area contributed by atoms with E-state index in [4.69, 9.17) is 4.42 Å². The summed E-state index contributed by atoms with van der Waals surface area (Å²) in [7, 11) is 1.59. The molecule has 4 rings (SSSR count). The largest absolute Gasteiger partial charge is 0.467 e. The average Bonchev–Trinajstić information content (AvgIpc) is 3.45. The maximum Gasteiger partial charge on any atom is 0.410 e. The number of nitrogens with one attached hydrogen (secondary N) is 1. The number of amides is 1. The normalized spacial score (nSPS) is 18.5. The first kappa shape index (κ1) is 21.0. The minimum Gasteiger partial charge on any atom is -0.467 e. The Balaban J connectivity index is 1.59. The lowest BCUT2D eigenvalue weighted by Crippen LogP contribution is -2.35. The van der Waals surface area contributed by atoms with E-state index in [2.05, 4.69) is 15.5 Å². The molecule has 1 amide bonds. The number of aromatic nitrogens is 4. The van der Waals surface area contributed by atoms with Gasteiger partial charge in [0.05, 0.1) is 18.0 Å². The number of alkyl halides is 3. The lowest BCUT2D eigenvalue weighted by atomic mass is 10.0. The van der Waals surface area contributed by atoms with Gasteiger partial charge in [-0.3, -0.25) is 9.48 Å². The fraction of sp³-hybridized carbons (Fsp3) is 0.450. The predicted molar refractivity (Wildman–Crippen MR) is 105 cm³/mol. The Morgan fingerprint density at radius 3 is 2.77 bits per heavy atom. The predicted octanol–water partition coefficient (Wildman–Crippen LogP) is 3.93. The van der Waals surface area contributed by atoms with Gasteiger partial charge >= 0.3 is 6.18 Å². The standard InChI is InChI=1S/C20H23F3N6O2/c1-4-28-11-13(12(2)25-28)10-27(3)19(30)15-9-18-24-14(16-6-5-7-31-16)8-17(20(21,22)23)29(18)26-15/h5-7,9,11,14,17,24H,4,8,10H2,1-3H3/t14-,17+/m0/s1. The number of rotatable bonds is 5. The molecule has 4 heterocycles. The van der Waals surface area contributed by atoms with Crippen molar-refractivity contribution >= 4 is 11.7 Å². The van der Waals surface area contributed by atoms with Gasteiger partial charge in [0, 0.05) is 44.4 Å². The summed E-state index contributed by atoms with van der Waals surface area (Å²) in [4.78, 5) is 14.3. The smallest absolute Gasteiger partial charge is 0.410 e. The molecular formula is C20H23F3N6O2. The lowest BCUT2D eigenvalue weighted by molar-refractivity contribution is -0.174. The highest BCUT2D eigenvalue weighted by molar-refractivity contribution is 5.93. The summed E-state index contributed by atoms with van der Waals surface area (Å²) in [5.74, 6) is 0.0552. The summed E-state index contributed by atoms with van der Waals surface area (Å²) in [6, 6.07) is 2.06. The Morgan fingerprint density at radius 1 is 1.39 bits per heavy atom. The van der Waals surface area contributed by atoms with E-state index in [0.29, 0.717) is 12.3 Å². The molecule has 0 fully saturated rings. The van der Waals surface area contributed by atoms with Crippen LogP contribution in [0.3, 0.4) is 0 Å². The Hall–Kier alpha value is -3.24. The first-order valence-corrected chi connectivity index (χ1v) is 9.92. The fourth-order valence-electron chi connectivity index (χ4n) is 3.75. The van der Waals surface area contributed by atoms with Crippen molar-refractivity contribution in [3.05, 3.63) is 53.4 Å². The molecule has 0 saturated carbocycles. The zero-order valence-corrected chi connectivity index (χ0v) is 17.3. The van der Waals surface area contributed by atoms with E-state index in [0.717, 1.165) is 15.9 Å². The summed E-state index contributed by atoms with van der Waals surface area (Å²) in [5, 5.41) is 11.4. The number of hydrogen-bond acceptors (Lipinski definition) is 5. The highest BCUT2D eigenvalue weighted by Crippen LogP contribution is 2.43. The third-order valence-corrected chi connectivity index (χ3v) is 5.42. The molecule has 2 atom stereocenters. The molecule has 3 aromatic heterocycles. The van der Waals surface area contributed by atoms with Crippen molar-refractivity contribution in [3.8, 4) is 0 Å². The van der Waals surface area contributed by atoms with Crippen molar-refractivity contribution in [3.63, 3.8) is 0 Å². The third kappa shape index (κ3) is 4.04. The minimum atomic E-state index is -4.52. The molecule has 0 saturated heterocycles. The molecule has 1 aliphatic heterocycles. The second kappa shape index (κ2) is 7.78. The van der Waals surface area contributed by atoms with E-state index in [9.17, 15) is 18.0 Å². The van der Waals surface area contributed by atoms with Crippen LogP contribution in [0, 0.1) is 6.92 Å². The summed E-state index contributed by atoms with van der Waals surface area (Å²) in [6.07, 6.45) is -1.54. The van der Waals surface area contributed by atoms with Gasteiger partial charge < -0.3 is 14.6 Å². The van der Waals surface area contributed by atoms with Crippen LogP contribution in [0.4, 0.5) is 19.0 Å². The van der Waals surface area contributed by atoms with E-state index in [1.165, 1.54) is 17.2 Å². The molecule has 0 unspecified atom stereocenters. The number of hydrogen-bond donors (Lipinski definition) is 1. The summed E-state index contributed by atoms with van der Waals surface area (Å²) in [5.41, 5.74) is 1.61. The van der Waals surface area contributed by atoms with E-state index in [-0.39, 0.29) is 24.5 Å². The monoisotopic (exact) mass is 436 g/mol. The number of aryl methyl sites for hydroxylation is 2. The van der Waals surface area contributed by atoms with E-state index < -0.39 is 24.2 Å². The second-order valence-corrected chi connectivity index (χ2v) is 7.62. The van der Waals surface area contributed by atoms with E-state index in [1.807, 2.05) is 20.0 Å². The van der Waals surface area contributed by atoms with Crippen molar-refractivity contribution in [1.29, 1.82) is 0 Å². The molecule has 1 N–H and O–H groups in total. The number of halogens is 3. The zero-order valence-electron chi connectivity index (χ0n) is 17.3. The Bertz CT molecular complexity index is 1070. The first-order valence-electron chi connectivity index (χ1n) is 9.92. The van der Waals surface area contributed by atoms with Gasteiger partial charge in [-0.05, 0) is 26.0 Å². The molecule has 166 valence electrons. The number of fused-ring (bicyclic) bond motifs is 1. The van der Waals surface area contributed by atoms with E-state index in [1.54, 1.807) is 23.9 Å². The summed E-state index contributed by atoms with van der Waals surface area (Å²) in [6.45, 7) is 4.79. The first-order chi connectivity index (χ1) is 14.7. The fourth-order valence-corrected chi connectivity index (χ4v) is 3.75.